The monoisotopic (exact) mass is 275 g/mol. The Morgan fingerprint density at radius 1 is 1.20 bits per heavy atom. The molecule has 0 aromatic heterocycles. The average Bonchev–Trinajstić information content (AvgIpc) is 2.86. The number of nitrogens with one attached hydrogen (secondary N) is 2. The zero-order valence-electron chi connectivity index (χ0n) is 11.5. The Hall–Kier alpha value is -1.88. The van der Waals surface area contributed by atoms with Gasteiger partial charge in [-0.1, -0.05) is 18.2 Å². The second-order valence-electron chi connectivity index (χ2n) is 5.23. The summed E-state index contributed by atoms with van der Waals surface area (Å²) >= 11 is 0. The van der Waals surface area contributed by atoms with Crippen molar-refractivity contribution in [2.24, 2.45) is 11.7 Å². The normalized spacial score (nSPS) is 21.4. The lowest BCUT2D eigenvalue weighted by Gasteiger charge is -2.10. The first-order valence-corrected chi connectivity index (χ1v) is 7.03. The van der Waals surface area contributed by atoms with Gasteiger partial charge in [-0.3, -0.25) is 9.59 Å². The number of benzene rings is 1. The Labute approximate surface area is 118 Å². The van der Waals surface area contributed by atoms with Crippen molar-refractivity contribution in [3.63, 3.8) is 0 Å². The minimum Gasteiger partial charge on any atom is -0.355 e. The number of amides is 2. The third-order valence-electron chi connectivity index (χ3n) is 3.55. The van der Waals surface area contributed by atoms with Gasteiger partial charge in [0.25, 0.3) is 0 Å². The van der Waals surface area contributed by atoms with Crippen molar-refractivity contribution in [2.45, 2.75) is 31.7 Å². The van der Waals surface area contributed by atoms with Crippen molar-refractivity contribution < 1.29 is 9.59 Å². The second-order valence-corrected chi connectivity index (χ2v) is 5.23. The van der Waals surface area contributed by atoms with E-state index in [9.17, 15) is 9.59 Å². The molecule has 4 N–H and O–H groups in total. The highest BCUT2D eigenvalue weighted by molar-refractivity contribution is 5.91. The molecule has 2 unspecified atom stereocenters. The number of rotatable bonds is 5. The number of carbonyl (C=O) groups excluding carboxylic acids is 2. The van der Waals surface area contributed by atoms with Gasteiger partial charge in [0, 0.05) is 30.6 Å². The summed E-state index contributed by atoms with van der Waals surface area (Å²) in [6.45, 7) is 0.364. The molecule has 1 saturated carbocycles. The van der Waals surface area contributed by atoms with Crippen LogP contribution in [-0.2, 0) is 9.59 Å². The van der Waals surface area contributed by atoms with Gasteiger partial charge in [-0.15, -0.1) is 0 Å². The maximum Gasteiger partial charge on any atom is 0.226 e. The predicted octanol–water partition coefficient (Wildman–Crippen LogP) is 1.26. The van der Waals surface area contributed by atoms with Crippen LogP contribution in [0.3, 0.4) is 0 Å². The molecule has 0 saturated heterocycles. The fourth-order valence-corrected chi connectivity index (χ4v) is 2.44. The number of hydrogen-bond acceptors (Lipinski definition) is 3. The van der Waals surface area contributed by atoms with Crippen LogP contribution in [0.4, 0.5) is 5.69 Å². The molecule has 108 valence electrons. The van der Waals surface area contributed by atoms with Crippen molar-refractivity contribution >= 4 is 17.5 Å². The van der Waals surface area contributed by atoms with E-state index in [2.05, 4.69) is 10.6 Å². The van der Waals surface area contributed by atoms with E-state index in [0.717, 1.165) is 24.9 Å². The summed E-state index contributed by atoms with van der Waals surface area (Å²) in [6.07, 6.45) is 2.79. The van der Waals surface area contributed by atoms with Crippen LogP contribution < -0.4 is 16.4 Å². The van der Waals surface area contributed by atoms with Gasteiger partial charge in [-0.25, -0.2) is 0 Å². The SMILES string of the molecule is NC1CCC(C(=O)NCCC(=O)Nc2ccccc2)C1. The molecule has 2 atom stereocenters. The van der Waals surface area contributed by atoms with Crippen LogP contribution in [-0.4, -0.2) is 24.4 Å². The number of carbonyl (C=O) groups is 2. The highest BCUT2D eigenvalue weighted by atomic mass is 16.2. The van der Waals surface area contributed by atoms with Gasteiger partial charge in [-0.2, -0.15) is 0 Å². The van der Waals surface area contributed by atoms with Gasteiger partial charge in [0.15, 0.2) is 0 Å². The van der Waals surface area contributed by atoms with Crippen LogP contribution in [0.2, 0.25) is 0 Å². The third kappa shape index (κ3) is 4.35. The quantitative estimate of drug-likeness (QED) is 0.756. The zero-order chi connectivity index (χ0) is 14.4. The number of para-hydroxylation sites is 1. The molecule has 5 nitrogen and oxygen atoms in total. The topological polar surface area (TPSA) is 84.2 Å². The van der Waals surface area contributed by atoms with Crippen LogP contribution in [0, 0.1) is 5.92 Å². The highest BCUT2D eigenvalue weighted by Crippen LogP contribution is 2.23. The first-order chi connectivity index (χ1) is 9.65. The van der Waals surface area contributed by atoms with Crippen LogP contribution in [0.1, 0.15) is 25.7 Å². The van der Waals surface area contributed by atoms with Gasteiger partial charge < -0.3 is 16.4 Å². The van der Waals surface area contributed by atoms with Crippen molar-refractivity contribution in [3.8, 4) is 0 Å². The average molecular weight is 275 g/mol. The highest BCUT2D eigenvalue weighted by Gasteiger charge is 2.27. The first-order valence-electron chi connectivity index (χ1n) is 7.03. The van der Waals surface area contributed by atoms with E-state index in [4.69, 9.17) is 5.73 Å². The molecule has 1 aliphatic rings. The Balaban J connectivity index is 1.65. The van der Waals surface area contributed by atoms with Crippen LogP contribution in [0.15, 0.2) is 30.3 Å². The molecule has 2 rings (SSSR count). The summed E-state index contributed by atoms with van der Waals surface area (Å²) in [5.74, 6) is -0.0627. The molecule has 5 heteroatoms. The molecule has 0 radical (unpaired) electrons. The molecule has 2 amide bonds. The molecular formula is C15H21N3O2. The Kier molecular flexibility index (Phi) is 5.12. The van der Waals surface area contributed by atoms with E-state index in [1.807, 2.05) is 30.3 Å². The van der Waals surface area contributed by atoms with E-state index in [1.165, 1.54) is 0 Å². The van der Waals surface area contributed by atoms with E-state index in [-0.39, 0.29) is 30.2 Å². The third-order valence-corrected chi connectivity index (χ3v) is 3.55. The van der Waals surface area contributed by atoms with Crippen molar-refractivity contribution in [2.75, 3.05) is 11.9 Å². The molecule has 1 aromatic rings. The fraction of sp³-hybridized carbons (Fsp3) is 0.467. The molecule has 1 aromatic carbocycles. The van der Waals surface area contributed by atoms with Gasteiger partial charge in [0.1, 0.15) is 0 Å². The summed E-state index contributed by atoms with van der Waals surface area (Å²) in [4.78, 5) is 23.5. The van der Waals surface area contributed by atoms with E-state index < -0.39 is 0 Å². The van der Waals surface area contributed by atoms with E-state index in [1.54, 1.807) is 0 Å². The number of nitrogens with two attached hydrogens (primary N) is 1. The lowest BCUT2D eigenvalue weighted by Crippen LogP contribution is -2.32. The largest absolute Gasteiger partial charge is 0.355 e. The summed E-state index contributed by atoms with van der Waals surface area (Å²) < 4.78 is 0. The summed E-state index contributed by atoms with van der Waals surface area (Å²) in [6, 6.07) is 9.42. The van der Waals surface area contributed by atoms with E-state index in [0.29, 0.717) is 6.54 Å². The molecular weight excluding hydrogens is 254 g/mol. The Morgan fingerprint density at radius 3 is 2.60 bits per heavy atom. The van der Waals surface area contributed by atoms with Crippen molar-refractivity contribution in [3.05, 3.63) is 30.3 Å². The van der Waals surface area contributed by atoms with Gasteiger partial charge in [-0.05, 0) is 31.4 Å². The maximum atomic E-state index is 11.8. The van der Waals surface area contributed by atoms with Crippen LogP contribution >= 0.6 is 0 Å². The van der Waals surface area contributed by atoms with Gasteiger partial charge >= 0.3 is 0 Å². The minimum absolute atomic E-state index is 0.0159. The fourth-order valence-electron chi connectivity index (χ4n) is 2.44. The van der Waals surface area contributed by atoms with Crippen LogP contribution in [0.25, 0.3) is 0 Å². The molecule has 0 spiro atoms. The molecule has 0 heterocycles. The summed E-state index contributed by atoms with van der Waals surface area (Å²) in [5, 5.41) is 5.59. The second kappa shape index (κ2) is 7.05. The minimum atomic E-state index is -0.0976. The predicted molar refractivity (Wildman–Crippen MR) is 78.0 cm³/mol. The molecule has 1 fully saturated rings. The lowest BCUT2D eigenvalue weighted by atomic mass is 10.1. The van der Waals surface area contributed by atoms with Gasteiger partial charge in [0.05, 0.1) is 0 Å². The standard InChI is InChI=1S/C15H21N3O2/c16-12-7-6-11(10-12)15(20)17-9-8-14(19)18-13-4-2-1-3-5-13/h1-5,11-12H,6-10,16H2,(H,17,20)(H,18,19). The smallest absolute Gasteiger partial charge is 0.226 e. The van der Waals surface area contributed by atoms with E-state index >= 15 is 0 Å². The molecule has 0 bridgehead atoms. The van der Waals surface area contributed by atoms with Crippen molar-refractivity contribution in [1.82, 2.24) is 5.32 Å². The lowest BCUT2D eigenvalue weighted by molar-refractivity contribution is -0.124. The summed E-state index contributed by atoms with van der Waals surface area (Å²) in [7, 11) is 0. The van der Waals surface area contributed by atoms with Crippen molar-refractivity contribution in [1.29, 1.82) is 0 Å². The Bertz CT molecular complexity index is 461. The molecule has 0 aliphatic heterocycles. The number of hydrogen-bond donors (Lipinski definition) is 3. The first kappa shape index (κ1) is 14.5. The Morgan fingerprint density at radius 2 is 1.95 bits per heavy atom. The zero-order valence-corrected chi connectivity index (χ0v) is 11.5. The molecule has 20 heavy (non-hydrogen) atoms. The van der Waals surface area contributed by atoms with Gasteiger partial charge in [0.2, 0.25) is 11.8 Å². The molecule has 1 aliphatic carbocycles. The summed E-state index contributed by atoms with van der Waals surface area (Å²) in [5.41, 5.74) is 6.55. The van der Waals surface area contributed by atoms with Crippen LogP contribution in [0.5, 0.6) is 0 Å². The number of anilines is 1. The maximum absolute atomic E-state index is 11.8.